The number of likely N-dealkylation sites (N-methyl/N-ethyl adjacent to an activating group) is 1. The zero-order chi connectivity index (χ0) is 16.5. The van der Waals surface area contributed by atoms with Gasteiger partial charge in [0.15, 0.2) is 5.82 Å². The van der Waals surface area contributed by atoms with Gasteiger partial charge in [-0.1, -0.05) is 30.3 Å². The predicted molar refractivity (Wildman–Crippen MR) is 91.8 cm³/mol. The van der Waals surface area contributed by atoms with E-state index in [-0.39, 0.29) is 5.56 Å². The van der Waals surface area contributed by atoms with Crippen LogP contribution in [0.15, 0.2) is 41.2 Å². The molecule has 1 fully saturated rings. The molecule has 0 atom stereocenters. The Morgan fingerprint density at radius 2 is 1.83 bits per heavy atom. The maximum atomic E-state index is 12.4. The number of aromatic amines is 1. The van der Waals surface area contributed by atoms with Crippen LogP contribution in [0.3, 0.4) is 0 Å². The summed E-state index contributed by atoms with van der Waals surface area (Å²) >= 11 is 0. The summed E-state index contributed by atoms with van der Waals surface area (Å²) < 4.78 is 1.40. The zero-order valence-corrected chi connectivity index (χ0v) is 13.6. The van der Waals surface area contributed by atoms with Crippen LogP contribution in [0.1, 0.15) is 5.69 Å². The van der Waals surface area contributed by atoms with Crippen molar-refractivity contribution in [1.82, 2.24) is 29.4 Å². The number of benzene rings is 1. The molecule has 0 amide bonds. The van der Waals surface area contributed by atoms with E-state index in [0.717, 1.165) is 37.4 Å². The maximum Gasteiger partial charge on any atom is 0.274 e. The minimum atomic E-state index is -0.126. The molecular formula is C17H20N6O. The van der Waals surface area contributed by atoms with E-state index in [0.29, 0.717) is 18.1 Å². The van der Waals surface area contributed by atoms with Crippen LogP contribution in [-0.4, -0.2) is 62.6 Å². The lowest BCUT2D eigenvalue weighted by molar-refractivity contribution is 0.147. The molecule has 0 unspecified atom stereocenters. The van der Waals surface area contributed by atoms with Gasteiger partial charge >= 0.3 is 0 Å². The normalized spacial score (nSPS) is 16.7. The fraction of sp³-hybridized carbons (Fsp3) is 0.353. The summed E-state index contributed by atoms with van der Waals surface area (Å²) in [5, 5.41) is 3.03. The van der Waals surface area contributed by atoms with Crippen LogP contribution in [0.5, 0.6) is 0 Å². The first-order chi connectivity index (χ1) is 11.7. The number of piperazine rings is 1. The Labute approximate surface area is 139 Å². The number of nitrogens with zero attached hydrogens (tertiary/aromatic N) is 5. The molecule has 24 heavy (non-hydrogen) atoms. The van der Waals surface area contributed by atoms with Crippen LogP contribution in [-0.2, 0) is 6.54 Å². The first-order valence-electron chi connectivity index (χ1n) is 8.14. The molecule has 0 radical (unpaired) electrons. The molecule has 3 heterocycles. The van der Waals surface area contributed by atoms with Gasteiger partial charge in [-0.25, -0.2) is 4.98 Å². The summed E-state index contributed by atoms with van der Waals surface area (Å²) in [5.74, 6) is 1.07. The highest BCUT2D eigenvalue weighted by Crippen LogP contribution is 2.14. The van der Waals surface area contributed by atoms with Crippen LogP contribution < -0.4 is 5.56 Å². The van der Waals surface area contributed by atoms with Crippen molar-refractivity contribution in [2.45, 2.75) is 6.54 Å². The van der Waals surface area contributed by atoms with Crippen molar-refractivity contribution in [3.05, 3.63) is 52.4 Å². The smallest absolute Gasteiger partial charge is 0.274 e. The number of H-pyrrole nitrogens is 1. The number of nitrogens with one attached hydrogen (secondary N) is 1. The van der Waals surface area contributed by atoms with Gasteiger partial charge in [-0.15, -0.1) is 0 Å². The van der Waals surface area contributed by atoms with Crippen molar-refractivity contribution in [3.8, 4) is 11.4 Å². The highest BCUT2D eigenvalue weighted by Gasteiger charge is 2.16. The highest BCUT2D eigenvalue weighted by atomic mass is 16.1. The van der Waals surface area contributed by atoms with Gasteiger partial charge < -0.3 is 4.90 Å². The van der Waals surface area contributed by atoms with E-state index in [4.69, 9.17) is 0 Å². The Hall–Kier alpha value is -2.51. The Balaban J connectivity index is 1.63. The molecule has 3 aromatic rings. The van der Waals surface area contributed by atoms with E-state index in [9.17, 15) is 4.79 Å². The Bertz CT molecular complexity index is 892. The van der Waals surface area contributed by atoms with Crippen molar-refractivity contribution >= 4 is 5.78 Å². The summed E-state index contributed by atoms with van der Waals surface area (Å²) in [6.45, 7) is 4.76. The SMILES string of the molecule is CN1CCN(Cc2cc(=O)n3[nH]c(-c4ccccc4)nc3n2)CC1. The van der Waals surface area contributed by atoms with Gasteiger partial charge in [-0.2, -0.15) is 9.50 Å². The fourth-order valence-corrected chi connectivity index (χ4v) is 2.97. The molecule has 4 rings (SSSR count). The average Bonchev–Trinajstić information content (AvgIpc) is 3.03. The first kappa shape index (κ1) is 15.0. The molecule has 2 aromatic heterocycles. The number of hydrogen-bond donors (Lipinski definition) is 1. The van der Waals surface area contributed by atoms with Crippen molar-refractivity contribution < 1.29 is 0 Å². The van der Waals surface area contributed by atoms with Crippen LogP contribution >= 0.6 is 0 Å². The summed E-state index contributed by atoms with van der Waals surface area (Å²) in [5.41, 5.74) is 1.58. The van der Waals surface area contributed by atoms with Crippen LogP contribution in [0.4, 0.5) is 0 Å². The van der Waals surface area contributed by atoms with Gasteiger partial charge in [0.1, 0.15) is 0 Å². The molecule has 0 aliphatic carbocycles. The van der Waals surface area contributed by atoms with Crippen LogP contribution in [0, 0.1) is 0 Å². The molecule has 124 valence electrons. The van der Waals surface area contributed by atoms with Crippen LogP contribution in [0.25, 0.3) is 17.2 Å². The Morgan fingerprint density at radius 1 is 1.08 bits per heavy atom. The van der Waals surface area contributed by atoms with Gasteiger partial charge in [0.2, 0.25) is 0 Å². The van der Waals surface area contributed by atoms with E-state index in [1.165, 1.54) is 4.52 Å². The molecule has 7 heteroatoms. The van der Waals surface area contributed by atoms with Crippen molar-refractivity contribution in [3.63, 3.8) is 0 Å². The van der Waals surface area contributed by atoms with Gasteiger partial charge in [0.05, 0.1) is 5.69 Å². The second-order valence-electron chi connectivity index (χ2n) is 6.24. The highest BCUT2D eigenvalue weighted by molar-refractivity contribution is 5.56. The standard InChI is InChI=1S/C17H20N6O/c1-21-7-9-22(10-8-21)12-14-11-15(24)23-17(18-14)19-16(20-23)13-5-3-2-4-6-13/h2-6,11H,7-10,12H2,1H3,(H,18,19,20). The van der Waals surface area contributed by atoms with E-state index in [2.05, 4.69) is 31.9 Å². The number of rotatable bonds is 3. The predicted octanol–water partition coefficient (Wildman–Crippen LogP) is 0.832. The second-order valence-corrected chi connectivity index (χ2v) is 6.24. The lowest BCUT2D eigenvalue weighted by Crippen LogP contribution is -2.44. The first-order valence-corrected chi connectivity index (χ1v) is 8.14. The second kappa shape index (κ2) is 6.18. The van der Waals surface area contributed by atoms with Crippen LogP contribution in [0.2, 0.25) is 0 Å². The molecule has 1 aliphatic rings. The molecule has 1 aromatic carbocycles. The molecule has 1 N–H and O–H groups in total. The largest absolute Gasteiger partial charge is 0.304 e. The number of hydrogen-bond acceptors (Lipinski definition) is 5. The van der Waals surface area contributed by atoms with E-state index in [1.54, 1.807) is 6.07 Å². The monoisotopic (exact) mass is 324 g/mol. The molecule has 1 aliphatic heterocycles. The molecule has 7 nitrogen and oxygen atoms in total. The molecule has 0 bridgehead atoms. The minimum absolute atomic E-state index is 0.126. The van der Waals surface area contributed by atoms with Gasteiger partial charge in [-0.05, 0) is 7.05 Å². The molecule has 0 spiro atoms. The third-order valence-corrected chi connectivity index (χ3v) is 4.41. The topological polar surface area (TPSA) is 69.5 Å². The number of aromatic nitrogens is 4. The quantitative estimate of drug-likeness (QED) is 0.773. The summed E-state index contributed by atoms with van der Waals surface area (Å²) in [6, 6.07) is 11.3. The summed E-state index contributed by atoms with van der Waals surface area (Å²) in [6.07, 6.45) is 0. The molecular weight excluding hydrogens is 304 g/mol. The minimum Gasteiger partial charge on any atom is -0.304 e. The summed E-state index contributed by atoms with van der Waals surface area (Å²) in [4.78, 5) is 26.0. The third-order valence-electron chi connectivity index (χ3n) is 4.41. The Kier molecular flexibility index (Phi) is 3.87. The van der Waals surface area contributed by atoms with Gasteiger partial charge in [0.25, 0.3) is 11.3 Å². The van der Waals surface area contributed by atoms with Crippen molar-refractivity contribution in [2.24, 2.45) is 0 Å². The van der Waals surface area contributed by atoms with E-state index in [1.807, 2.05) is 30.3 Å². The van der Waals surface area contributed by atoms with Gasteiger partial charge in [0, 0.05) is 44.4 Å². The number of fused-ring (bicyclic) bond motifs is 1. The third kappa shape index (κ3) is 2.95. The maximum absolute atomic E-state index is 12.4. The van der Waals surface area contributed by atoms with E-state index >= 15 is 0 Å². The summed E-state index contributed by atoms with van der Waals surface area (Å²) in [7, 11) is 2.13. The Morgan fingerprint density at radius 3 is 2.58 bits per heavy atom. The average molecular weight is 324 g/mol. The molecule has 1 saturated heterocycles. The van der Waals surface area contributed by atoms with Gasteiger partial charge in [-0.3, -0.25) is 14.8 Å². The van der Waals surface area contributed by atoms with Crippen molar-refractivity contribution in [1.29, 1.82) is 0 Å². The lowest BCUT2D eigenvalue weighted by atomic mass is 10.2. The fourth-order valence-electron chi connectivity index (χ4n) is 2.97. The molecule has 0 saturated carbocycles. The zero-order valence-electron chi connectivity index (χ0n) is 13.6. The lowest BCUT2D eigenvalue weighted by Gasteiger charge is -2.31. The van der Waals surface area contributed by atoms with E-state index < -0.39 is 0 Å². The van der Waals surface area contributed by atoms with Crippen molar-refractivity contribution in [2.75, 3.05) is 33.2 Å².